The summed E-state index contributed by atoms with van der Waals surface area (Å²) in [6.45, 7) is 5.72. The lowest BCUT2D eigenvalue weighted by molar-refractivity contribution is 0.210. The fourth-order valence-electron chi connectivity index (χ4n) is 3.94. The van der Waals surface area contributed by atoms with Crippen LogP contribution in [-0.2, 0) is 6.42 Å². The summed E-state index contributed by atoms with van der Waals surface area (Å²) in [6, 6.07) is 11.7. The molecular weight excluding hydrogens is 254 g/mol. The third-order valence-electron chi connectivity index (χ3n) is 5.33. The van der Waals surface area contributed by atoms with Gasteiger partial charge in [0.05, 0.1) is 0 Å². The average Bonchev–Trinajstić information content (AvgIpc) is 2.55. The molecule has 0 saturated heterocycles. The Bertz CT molecular complexity index is 365. The number of benzene rings is 1. The number of nitrogens with one attached hydrogen (secondary N) is 1. The molecule has 0 bridgehead atoms. The molecular formula is C20H33N. The highest BCUT2D eigenvalue weighted by molar-refractivity contribution is 5.14. The smallest absolute Gasteiger partial charge is 0.00953 e. The zero-order valence-electron chi connectivity index (χ0n) is 14.0. The van der Waals surface area contributed by atoms with E-state index in [1.165, 1.54) is 56.9 Å². The normalized spacial score (nSPS) is 23.9. The summed E-state index contributed by atoms with van der Waals surface area (Å²) in [5.74, 6) is 1.93. The molecule has 1 aromatic carbocycles. The van der Waals surface area contributed by atoms with E-state index in [1.807, 2.05) is 0 Å². The van der Waals surface area contributed by atoms with Crippen LogP contribution in [0.2, 0.25) is 0 Å². The molecule has 0 aliphatic heterocycles. The molecule has 1 heteroatoms. The van der Waals surface area contributed by atoms with Gasteiger partial charge in [-0.05, 0) is 56.0 Å². The van der Waals surface area contributed by atoms with E-state index in [0.29, 0.717) is 0 Å². The molecule has 1 unspecified atom stereocenters. The molecule has 1 fully saturated rings. The lowest BCUT2D eigenvalue weighted by atomic mass is 9.76. The maximum absolute atomic E-state index is 3.77. The largest absolute Gasteiger partial charge is 0.314 e. The zero-order valence-corrected chi connectivity index (χ0v) is 14.0. The molecule has 118 valence electrons. The van der Waals surface area contributed by atoms with Crippen molar-refractivity contribution in [2.75, 3.05) is 6.54 Å². The number of hydrogen-bond donors (Lipinski definition) is 1. The van der Waals surface area contributed by atoms with Gasteiger partial charge in [0.2, 0.25) is 0 Å². The van der Waals surface area contributed by atoms with Gasteiger partial charge in [-0.1, -0.05) is 63.4 Å². The lowest BCUT2D eigenvalue weighted by Gasteiger charge is -2.34. The van der Waals surface area contributed by atoms with E-state index in [4.69, 9.17) is 0 Å². The first-order valence-electron chi connectivity index (χ1n) is 9.10. The van der Waals surface area contributed by atoms with E-state index < -0.39 is 0 Å². The van der Waals surface area contributed by atoms with E-state index >= 15 is 0 Å². The van der Waals surface area contributed by atoms with Crippen molar-refractivity contribution in [3.63, 3.8) is 0 Å². The van der Waals surface area contributed by atoms with Gasteiger partial charge in [-0.25, -0.2) is 0 Å². The maximum Gasteiger partial charge on any atom is 0.00953 e. The monoisotopic (exact) mass is 287 g/mol. The summed E-state index contributed by atoms with van der Waals surface area (Å²) in [6.07, 6.45) is 11.1. The predicted octanol–water partition coefficient (Wildman–Crippen LogP) is 5.20. The van der Waals surface area contributed by atoms with Crippen molar-refractivity contribution in [1.29, 1.82) is 0 Å². The first-order valence-corrected chi connectivity index (χ1v) is 9.10. The van der Waals surface area contributed by atoms with E-state index in [2.05, 4.69) is 49.5 Å². The maximum atomic E-state index is 3.77. The van der Waals surface area contributed by atoms with E-state index in [-0.39, 0.29) is 0 Å². The summed E-state index contributed by atoms with van der Waals surface area (Å²) in [5, 5.41) is 3.77. The summed E-state index contributed by atoms with van der Waals surface area (Å²) in [4.78, 5) is 0. The van der Waals surface area contributed by atoms with Gasteiger partial charge in [-0.2, -0.15) is 0 Å². The van der Waals surface area contributed by atoms with Gasteiger partial charge in [0, 0.05) is 6.04 Å². The van der Waals surface area contributed by atoms with Crippen LogP contribution in [0.1, 0.15) is 64.4 Å². The Kier molecular flexibility index (Phi) is 7.29. The second-order valence-electron chi connectivity index (χ2n) is 6.73. The first-order chi connectivity index (χ1) is 10.3. The lowest BCUT2D eigenvalue weighted by Crippen LogP contribution is -2.38. The van der Waals surface area contributed by atoms with Crippen molar-refractivity contribution < 1.29 is 0 Å². The SMILES string of the molecule is CCNC(CCCc1ccccc1)C1CCC(CC)CC1. The van der Waals surface area contributed by atoms with Crippen LogP contribution in [-0.4, -0.2) is 12.6 Å². The van der Waals surface area contributed by atoms with Crippen LogP contribution in [0.25, 0.3) is 0 Å². The van der Waals surface area contributed by atoms with Crippen molar-refractivity contribution in [3.05, 3.63) is 35.9 Å². The first kappa shape index (κ1) is 16.5. The highest BCUT2D eigenvalue weighted by Gasteiger charge is 2.26. The van der Waals surface area contributed by atoms with Crippen molar-refractivity contribution >= 4 is 0 Å². The van der Waals surface area contributed by atoms with Gasteiger partial charge in [-0.15, -0.1) is 0 Å². The topological polar surface area (TPSA) is 12.0 Å². The van der Waals surface area contributed by atoms with Crippen LogP contribution in [0.5, 0.6) is 0 Å². The van der Waals surface area contributed by atoms with Gasteiger partial charge < -0.3 is 5.32 Å². The van der Waals surface area contributed by atoms with Crippen LogP contribution in [0.4, 0.5) is 0 Å². The van der Waals surface area contributed by atoms with Crippen molar-refractivity contribution in [3.8, 4) is 0 Å². The standard InChI is InChI=1S/C20H33N/c1-3-17-13-15-19(16-14-17)20(21-4-2)12-8-11-18-9-6-5-7-10-18/h5-7,9-10,17,19-21H,3-4,8,11-16H2,1-2H3. The van der Waals surface area contributed by atoms with E-state index in [0.717, 1.165) is 24.4 Å². The van der Waals surface area contributed by atoms with Crippen LogP contribution in [0.3, 0.4) is 0 Å². The molecule has 21 heavy (non-hydrogen) atoms. The Hall–Kier alpha value is -0.820. The molecule has 1 aliphatic rings. The minimum absolute atomic E-state index is 0.747. The van der Waals surface area contributed by atoms with Crippen LogP contribution in [0.15, 0.2) is 30.3 Å². The molecule has 1 nitrogen and oxygen atoms in total. The van der Waals surface area contributed by atoms with Crippen molar-refractivity contribution in [2.45, 2.75) is 71.3 Å². The Balaban J connectivity index is 1.76. The highest BCUT2D eigenvalue weighted by atomic mass is 14.9. The third kappa shape index (κ3) is 5.47. The molecule has 0 heterocycles. The highest BCUT2D eigenvalue weighted by Crippen LogP contribution is 2.33. The Morgan fingerprint density at radius 3 is 2.38 bits per heavy atom. The molecule has 0 aromatic heterocycles. The van der Waals surface area contributed by atoms with Crippen LogP contribution >= 0.6 is 0 Å². The summed E-state index contributed by atoms with van der Waals surface area (Å²) in [5.41, 5.74) is 1.49. The van der Waals surface area contributed by atoms with Gasteiger partial charge >= 0.3 is 0 Å². The van der Waals surface area contributed by atoms with Crippen molar-refractivity contribution in [1.82, 2.24) is 5.32 Å². The second-order valence-corrected chi connectivity index (χ2v) is 6.73. The second kappa shape index (κ2) is 9.25. The predicted molar refractivity (Wildman–Crippen MR) is 92.6 cm³/mol. The Labute approximate surface area is 131 Å². The summed E-state index contributed by atoms with van der Waals surface area (Å²) < 4.78 is 0. The molecule has 0 spiro atoms. The van der Waals surface area contributed by atoms with Crippen molar-refractivity contribution in [2.24, 2.45) is 11.8 Å². The summed E-state index contributed by atoms with van der Waals surface area (Å²) in [7, 11) is 0. The molecule has 0 radical (unpaired) electrons. The van der Waals surface area contributed by atoms with Gasteiger partial charge in [0.15, 0.2) is 0 Å². The third-order valence-corrected chi connectivity index (χ3v) is 5.33. The molecule has 1 aliphatic carbocycles. The quantitative estimate of drug-likeness (QED) is 0.692. The zero-order chi connectivity index (χ0) is 14.9. The number of rotatable bonds is 8. The van der Waals surface area contributed by atoms with E-state index in [1.54, 1.807) is 0 Å². The van der Waals surface area contributed by atoms with E-state index in [9.17, 15) is 0 Å². The Morgan fingerprint density at radius 2 is 1.76 bits per heavy atom. The number of aryl methyl sites for hydroxylation is 1. The van der Waals surface area contributed by atoms with Gasteiger partial charge in [0.25, 0.3) is 0 Å². The molecule has 2 rings (SSSR count). The van der Waals surface area contributed by atoms with Gasteiger partial charge in [0.1, 0.15) is 0 Å². The molecule has 1 atom stereocenters. The average molecular weight is 287 g/mol. The molecule has 1 N–H and O–H groups in total. The minimum atomic E-state index is 0.747. The number of hydrogen-bond acceptors (Lipinski definition) is 1. The molecule has 0 amide bonds. The molecule has 1 aromatic rings. The van der Waals surface area contributed by atoms with Crippen LogP contribution < -0.4 is 5.32 Å². The molecule has 1 saturated carbocycles. The fraction of sp³-hybridized carbons (Fsp3) is 0.700. The minimum Gasteiger partial charge on any atom is -0.314 e. The van der Waals surface area contributed by atoms with Crippen LogP contribution in [0, 0.1) is 11.8 Å². The van der Waals surface area contributed by atoms with Gasteiger partial charge in [-0.3, -0.25) is 0 Å². The summed E-state index contributed by atoms with van der Waals surface area (Å²) >= 11 is 0. The fourth-order valence-corrected chi connectivity index (χ4v) is 3.94. The Morgan fingerprint density at radius 1 is 1.05 bits per heavy atom.